The van der Waals surface area contributed by atoms with Crippen LogP contribution in [0.5, 0.6) is 0 Å². The summed E-state index contributed by atoms with van der Waals surface area (Å²) in [6.45, 7) is 7.47. The van der Waals surface area contributed by atoms with Gasteiger partial charge in [0.05, 0.1) is 18.8 Å². The Labute approximate surface area is 123 Å². The maximum atomic E-state index is 5.94. The average Bonchev–Trinajstić information content (AvgIpc) is 3.02. The van der Waals surface area contributed by atoms with E-state index in [4.69, 9.17) is 9.47 Å². The van der Waals surface area contributed by atoms with E-state index in [0.29, 0.717) is 24.3 Å². The van der Waals surface area contributed by atoms with Gasteiger partial charge in [-0.2, -0.15) is 0 Å². The summed E-state index contributed by atoms with van der Waals surface area (Å²) in [5, 5.41) is 3.66. The van der Waals surface area contributed by atoms with Gasteiger partial charge in [0.2, 0.25) is 0 Å². The first kappa shape index (κ1) is 14.8. The van der Waals surface area contributed by atoms with E-state index in [1.54, 1.807) is 0 Å². The molecule has 4 unspecified atom stereocenters. The minimum absolute atomic E-state index is 0.433. The Morgan fingerprint density at radius 1 is 1.10 bits per heavy atom. The van der Waals surface area contributed by atoms with Crippen molar-refractivity contribution in [1.82, 2.24) is 10.2 Å². The molecule has 0 spiro atoms. The Kier molecular flexibility index (Phi) is 5.32. The quantitative estimate of drug-likeness (QED) is 0.833. The van der Waals surface area contributed by atoms with E-state index in [2.05, 4.69) is 17.1 Å². The molecular formula is C16H30N2O2. The van der Waals surface area contributed by atoms with Crippen molar-refractivity contribution in [3.8, 4) is 0 Å². The highest BCUT2D eigenvalue weighted by Crippen LogP contribution is 2.28. The summed E-state index contributed by atoms with van der Waals surface area (Å²) < 4.78 is 11.7. The molecule has 3 fully saturated rings. The van der Waals surface area contributed by atoms with Crippen LogP contribution in [0.2, 0.25) is 0 Å². The Morgan fingerprint density at radius 3 is 2.85 bits per heavy atom. The lowest BCUT2D eigenvalue weighted by molar-refractivity contribution is -0.0876. The van der Waals surface area contributed by atoms with Crippen LogP contribution in [0.25, 0.3) is 0 Å². The zero-order valence-electron chi connectivity index (χ0n) is 12.9. The van der Waals surface area contributed by atoms with Gasteiger partial charge < -0.3 is 14.8 Å². The number of ether oxygens (including phenoxy) is 2. The number of rotatable bonds is 5. The number of morpholine rings is 1. The van der Waals surface area contributed by atoms with Crippen LogP contribution in [-0.2, 0) is 9.47 Å². The Hall–Kier alpha value is -0.160. The molecule has 2 aliphatic heterocycles. The molecule has 3 aliphatic rings. The summed E-state index contributed by atoms with van der Waals surface area (Å²) >= 11 is 0. The monoisotopic (exact) mass is 282 g/mol. The van der Waals surface area contributed by atoms with Crippen LogP contribution in [0, 0.1) is 0 Å². The summed E-state index contributed by atoms with van der Waals surface area (Å²) in [7, 11) is 0. The third kappa shape index (κ3) is 3.53. The van der Waals surface area contributed by atoms with Gasteiger partial charge in [-0.3, -0.25) is 4.90 Å². The van der Waals surface area contributed by atoms with E-state index in [9.17, 15) is 0 Å². The highest BCUT2D eigenvalue weighted by atomic mass is 16.5. The zero-order chi connectivity index (χ0) is 13.8. The van der Waals surface area contributed by atoms with Gasteiger partial charge in [0.15, 0.2) is 0 Å². The van der Waals surface area contributed by atoms with E-state index in [1.807, 2.05) is 0 Å². The molecule has 0 aromatic rings. The zero-order valence-corrected chi connectivity index (χ0v) is 12.9. The van der Waals surface area contributed by atoms with Gasteiger partial charge in [0.1, 0.15) is 0 Å². The molecule has 20 heavy (non-hydrogen) atoms. The van der Waals surface area contributed by atoms with Gasteiger partial charge in [-0.25, -0.2) is 0 Å². The van der Waals surface area contributed by atoms with Gasteiger partial charge in [0, 0.05) is 38.3 Å². The van der Waals surface area contributed by atoms with Crippen LogP contribution < -0.4 is 5.32 Å². The predicted molar refractivity (Wildman–Crippen MR) is 80.0 cm³/mol. The molecule has 2 heterocycles. The van der Waals surface area contributed by atoms with Gasteiger partial charge >= 0.3 is 0 Å². The molecule has 2 saturated heterocycles. The second-order valence-electron chi connectivity index (χ2n) is 6.59. The molecular weight excluding hydrogens is 252 g/mol. The summed E-state index contributed by atoms with van der Waals surface area (Å²) in [6, 6.07) is 1.16. The fourth-order valence-corrected chi connectivity index (χ4v) is 4.02. The van der Waals surface area contributed by atoms with Crippen LogP contribution in [0.1, 0.15) is 45.4 Å². The Bertz CT molecular complexity index is 292. The molecule has 116 valence electrons. The van der Waals surface area contributed by atoms with Crippen molar-refractivity contribution in [2.45, 2.75) is 69.7 Å². The SMILES string of the molecule is CC(NCCN1CCOC2CCCCC21)C1CCCO1. The number of nitrogens with zero attached hydrogens (tertiary/aromatic N) is 1. The average molecular weight is 282 g/mol. The number of hydrogen-bond acceptors (Lipinski definition) is 4. The molecule has 1 aliphatic carbocycles. The normalized spacial score (nSPS) is 36.8. The van der Waals surface area contributed by atoms with Gasteiger partial charge in [-0.1, -0.05) is 12.8 Å². The lowest BCUT2D eigenvalue weighted by Crippen LogP contribution is -2.54. The summed E-state index contributed by atoms with van der Waals surface area (Å²) in [6.07, 6.45) is 8.70. The molecule has 0 bridgehead atoms. The van der Waals surface area contributed by atoms with Crippen LogP contribution in [-0.4, -0.2) is 62.0 Å². The first-order valence-corrected chi connectivity index (χ1v) is 8.55. The lowest BCUT2D eigenvalue weighted by atomic mass is 9.90. The molecule has 4 nitrogen and oxygen atoms in total. The van der Waals surface area contributed by atoms with Crippen molar-refractivity contribution in [2.75, 3.05) is 32.8 Å². The first-order valence-electron chi connectivity index (χ1n) is 8.55. The highest BCUT2D eigenvalue weighted by molar-refractivity contribution is 4.88. The topological polar surface area (TPSA) is 33.7 Å². The summed E-state index contributed by atoms with van der Waals surface area (Å²) in [4.78, 5) is 2.66. The Balaban J connectivity index is 1.40. The predicted octanol–water partition coefficient (Wildman–Crippen LogP) is 1.79. The molecule has 3 rings (SSSR count). The van der Waals surface area contributed by atoms with Crippen LogP contribution in [0.3, 0.4) is 0 Å². The van der Waals surface area contributed by atoms with E-state index >= 15 is 0 Å². The van der Waals surface area contributed by atoms with E-state index in [0.717, 1.165) is 32.8 Å². The fraction of sp³-hybridized carbons (Fsp3) is 1.00. The summed E-state index contributed by atoms with van der Waals surface area (Å²) in [5.74, 6) is 0. The van der Waals surface area contributed by atoms with Crippen LogP contribution in [0.4, 0.5) is 0 Å². The molecule has 4 atom stereocenters. The number of nitrogens with one attached hydrogen (secondary N) is 1. The van der Waals surface area contributed by atoms with Crippen molar-refractivity contribution in [2.24, 2.45) is 0 Å². The second kappa shape index (κ2) is 7.21. The third-order valence-electron chi connectivity index (χ3n) is 5.24. The molecule has 4 heteroatoms. The fourth-order valence-electron chi connectivity index (χ4n) is 4.02. The standard InChI is InChI=1S/C16H30N2O2/c1-13(15-7-4-11-19-15)17-8-9-18-10-12-20-16-6-3-2-5-14(16)18/h13-17H,2-12H2,1H3. The molecule has 0 radical (unpaired) electrons. The van der Waals surface area contributed by atoms with Crippen molar-refractivity contribution in [3.05, 3.63) is 0 Å². The smallest absolute Gasteiger partial charge is 0.0730 e. The minimum atomic E-state index is 0.433. The molecule has 0 amide bonds. The minimum Gasteiger partial charge on any atom is -0.377 e. The molecule has 0 aromatic carbocycles. The van der Waals surface area contributed by atoms with Gasteiger partial charge in [0.25, 0.3) is 0 Å². The van der Waals surface area contributed by atoms with Crippen molar-refractivity contribution in [1.29, 1.82) is 0 Å². The van der Waals surface area contributed by atoms with Crippen molar-refractivity contribution >= 4 is 0 Å². The summed E-state index contributed by atoms with van der Waals surface area (Å²) in [5.41, 5.74) is 0. The Morgan fingerprint density at radius 2 is 2.00 bits per heavy atom. The van der Waals surface area contributed by atoms with Gasteiger partial charge in [-0.15, -0.1) is 0 Å². The largest absolute Gasteiger partial charge is 0.377 e. The number of fused-ring (bicyclic) bond motifs is 1. The molecule has 1 saturated carbocycles. The molecule has 1 N–H and O–H groups in total. The van der Waals surface area contributed by atoms with E-state index in [1.165, 1.54) is 38.5 Å². The first-order chi connectivity index (χ1) is 9.84. The highest BCUT2D eigenvalue weighted by Gasteiger charge is 2.33. The maximum Gasteiger partial charge on any atom is 0.0730 e. The second-order valence-corrected chi connectivity index (χ2v) is 6.59. The van der Waals surface area contributed by atoms with Crippen molar-refractivity contribution in [3.63, 3.8) is 0 Å². The van der Waals surface area contributed by atoms with Crippen LogP contribution >= 0.6 is 0 Å². The van der Waals surface area contributed by atoms with Crippen LogP contribution in [0.15, 0.2) is 0 Å². The maximum absolute atomic E-state index is 5.94. The van der Waals surface area contributed by atoms with Gasteiger partial charge in [-0.05, 0) is 32.6 Å². The van der Waals surface area contributed by atoms with E-state index in [-0.39, 0.29) is 0 Å². The van der Waals surface area contributed by atoms with Crippen molar-refractivity contribution < 1.29 is 9.47 Å². The number of hydrogen-bond donors (Lipinski definition) is 1. The van der Waals surface area contributed by atoms with E-state index < -0.39 is 0 Å². The molecule has 0 aromatic heterocycles. The third-order valence-corrected chi connectivity index (χ3v) is 5.24. The lowest BCUT2D eigenvalue weighted by Gasteiger charge is -2.44.